The summed E-state index contributed by atoms with van der Waals surface area (Å²) in [5.74, 6) is -0.999. The maximum atomic E-state index is 13.2. The van der Waals surface area contributed by atoms with Gasteiger partial charge in [-0.1, -0.05) is 30.3 Å². The number of nitrogens with zero attached hydrogens (tertiary/aromatic N) is 4. The van der Waals surface area contributed by atoms with Crippen molar-refractivity contribution in [2.75, 3.05) is 13.4 Å². The highest BCUT2D eigenvalue weighted by Gasteiger charge is 2.38. The molecular weight excluding hydrogens is 428 g/mol. The Morgan fingerprint density at radius 2 is 1.97 bits per heavy atom. The number of hydrogen-bond donors (Lipinski definition) is 2. The maximum Gasteiger partial charge on any atom is 0.453 e. The number of halogens is 4. The molecule has 0 bridgehead atoms. The van der Waals surface area contributed by atoms with E-state index < -0.39 is 18.9 Å². The highest BCUT2D eigenvalue weighted by atomic mass is 19.4. The molecule has 2 N–H and O–H groups in total. The lowest BCUT2D eigenvalue weighted by Gasteiger charge is -2.34. The summed E-state index contributed by atoms with van der Waals surface area (Å²) in [6.07, 6.45) is -2.82. The summed E-state index contributed by atoms with van der Waals surface area (Å²) in [5, 5.41) is 16.6. The van der Waals surface area contributed by atoms with Gasteiger partial charge in [-0.2, -0.15) is 17.9 Å². The quantitative estimate of drug-likeness (QED) is 0.536. The zero-order valence-electron chi connectivity index (χ0n) is 17.0. The van der Waals surface area contributed by atoms with E-state index in [1.807, 2.05) is 30.3 Å². The maximum absolute atomic E-state index is 13.2. The number of rotatable bonds is 7. The molecule has 1 aliphatic rings. The van der Waals surface area contributed by atoms with Gasteiger partial charge in [-0.05, 0) is 53.6 Å². The van der Waals surface area contributed by atoms with Gasteiger partial charge >= 0.3 is 6.18 Å². The van der Waals surface area contributed by atoms with E-state index in [2.05, 4.69) is 26.2 Å². The standard InChI is InChI=1S/C21H22F4N6O/c22-13-32-18-9-8-16(31-20(21(23,24)25)28-29-30-31)11-15(18)12-27-17-7-4-10-26-19(17)14-5-2-1-3-6-14/h1-3,5-6,8-9,11,17,19,26-27H,4,7,10,12-13H2. The van der Waals surface area contributed by atoms with Gasteiger partial charge in [0.2, 0.25) is 6.86 Å². The molecule has 3 aromatic rings. The van der Waals surface area contributed by atoms with E-state index in [0.29, 0.717) is 10.2 Å². The number of tetrazole rings is 1. The third-order valence-corrected chi connectivity index (χ3v) is 5.39. The Bertz CT molecular complexity index is 1030. The highest BCUT2D eigenvalue weighted by Crippen LogP contribution is 2.30. The zero-order valence-corrected chi connectivity index (χ0v) is 17.0. The lowest BCUT2D eigenvalue weighted by molar-refractivity contribution is -0.146. The van der Waals surface area contributed by atoms with Crippen LogP contribution in [-0.2, 0) is 12.7 Å². The number of alkyl halides is 4. The molecule has 2 heterocycles. The van der Waals surface area contributed by atoms with Crippen molar-refractivity contribution < 1.29 is 22.3 Å². The van der Waals surface area contributed by atoms with Crippen LogP contribution in [0, 0.1) is 0 Å². The van der Waals surface area contributed by atoms with Crippen molar-refractivity contribution in [1.29, 1.82) is 0 Å². The average molecular weight is 450 g/mol. The number of piperidine rings is 1. The monoisotopic (exact) mass is 450 g/mol. The van der Waals surface area contributed by atoms with Crippen molar-refractivity contribution in [3.05, 3.63) is 65.5 Å². The Kier molecular flexibility index (Phi) is 6.66. The molecule has 2 aromatic carbocycles. The lowest BCUT2D eigenvalue weighted by atomic mass is 9.92. The molecule has 2 atom stereocenters. The Labute approximate surface area is 181 Å². The first kappa shape index (κ1) is 22.2. The fourth-order valence-electron chi connectivity index (χ4n) is 3.93. The minimum Gasteiger partial charge on any atom is -0.463 e. The summed E-state index contributed by atoms with van der Waals surface area (Å²) in [6, 6.07) is 14.4. The molecule has 11 heteroatoms. The van der Waals surface area contributed by atoms with Gasteiger partial charge in [-0.3, -0.25) is 0 Å². The van der Waals surface area contributed by atoms with Gasteiger partial charge in [-0.25, -0.2) is 4.39 Å². The van der Waals surface area contributed by atoms with Gasteiger partial charge in [0, 0.05) is 24.2 Å². The van der Waals surface area contributed by atoms with Crippen LogP contribution in [0.3, 0.4) is 0 Å². The summed E-state index contributed by atoms with van der Waals surface area (Å²) in [4.78, 5) is 0. The van der Waals surface area contributed by atoms with Crippen LogP contribution in [0.15, 0.2) is 48.5 Å². The first-order valence-corrected chi connectivity index (χ1v) is 10.2. The van der Waals surface area contributed by atoms with Crippen LogP contribution >= 0.6 is 0 Å². The summed E-state index contributed by atoms with van der Waals surface area (Å²) in [6.45, 7) is 0.105. The van der Waals surface area contributed by atoms with Crippen LogP contribution in [0.25, 0.3) is 5.69 Å². The minimum absolute atomic E-state index is 0.0757. The second kappa shape index (κ2) is 9.61. The van der Waals surface area contributed by atoms with Gasteiger partial charge in [-0.15, -0.1) is 5.10 Å². The molecule has 0 spiro atoms. The molecule has 2 unspecified atom stereocenters. The van der Waals surface area contributed by atoms with Gasteiger partial charge < -0.3 is 15.4 Å². The molecule has 1 aliphatic heterocycles. The summed E-state index contributed by atoms with van der Waals surface area (Å²) < 4.78 is 58.2. The number of ether oxygens (including phenoxy) is 1. The first-order chi connectivity index (χ1) is 15.5. The van der Waals surface area contributed by atoms with Crippen LogP contribution < -0.4 is 15.4 Å². The minimum atomic E-state index is -4.72. The molecule has 0 radical (unpaired) electrons. The van der Waals surface area contributed by atoms with E-state index >= 15 is 0 Å². The van der Waals surface area contributed by atoms with Crippen LogP contribution in [0.4, 0.5) is 17.6 Å². The molecule has 170 valence electrons. The third kappa shape index (κ3) is 4.89. The van der Waals surface area contributed by atoms with E-state index in [-0.39, 0.29) is 30.1 Å². The number of hydrogen-bond acceptors (Lipinski definition) is 6. The Morgan fingerprint density at radius 1 is 1.16 bits per heavy atom. The molecule has 0 amide bonds. The predicted molar refractivity (Wildman–Crippen MR) is 108 cm³/mol. The zero-order chi connectivity index (χ0) is 22.6. The molecule has 1 fully saturated rings. The van der Waals surface area contributed by atoms with E-state index in [4.69, 9.17) is 4.74 Å². The van der Waals surface area contributed by atoms with Gasteiger partial charge in [0.05, 0.1) is 5.69 Å². The molecule has 0 aliphatic carbocycles. The van der Waals surface area contributed by atoms with Crippen LogP contribution in [0.1, 0.15) is 35.8 Å². The molecule has 1 saturated heterocycles. The van der Waals surface area contributed by atoms with Crippen molar-refractivity contribution in [2.45, 2.75) is 37.6 Å². The Balaban J connectivity index is 1.58. The molecule has 32 heavy (non-hydrogen) atoms. The third-order valence-electron chi connectivity index (χ3n) is 5.39. The molecule has 1 aromatic heterocycles. The average Bonchev–Trinajstić information content (AvgIpc) is 3.30. The normalized spacial score (nSPS) is 19.1. The number of nitrogens with one attached hydrogen (secondary N) is 2. The number of aromatic nitrogens is 4. The van der Waals surface area contributed by atoms with Crippen LogP contribution in [-0.4, -0.2) is 39.7 Å². The Hall–Kier alpha value is -3.05. The largest absolute Gasteiger partial charge is 0.463 e. The topological polar surface area (TPSA) is 76.9 Å². The summed E-state index contributed by atoms with van der Waals surface area (Å²) in [7, 11) is 0. The van der Waals surface area contributed by atoms with Crippen LogP contribution in [0.5, 0.6) is 5.75 Å². The first-order valence-electron chi connectivity index (χ1n) is 10.2. The smallest absolute Gasteiger partial charge is 0.453 e. The molecule has 7 nitrogen and oxygen atoms in total. The predicted octanol–water partition coefficient (Wildman–Crippen LogP) is 3.57. The fraction of sp³-hybridized carbons (Fsp3) is 0.381. The van der Waals surface area contributed by atoms with Crippen molar-refractivity contribution in [3.63, 3.8) is 0 Å². The van der Waals surface area contributed by atoms with Gasteiger partial charge in [0.15, 0.2) is 0 Å². The van der Waals surface area contributed by atoms with Crippen molar-refractivity contribution in [2.24, 2.45) is 0 Å². The lowest BCUT2D eigenvalue weighted by Crippen LogP contribution is -2.45. The van der Waals surface area contributed by atoms with Gasteiger partial charge in [0.25, 0.3) is 5.82 Å². The van der Waals surface area contributed by atoms with Gasteiger partial charge in [0.1, 0.15) is 5.75 Å². The van der Waals surface area contributed by atoms with E-state index in [9.17, 15) is 17.6 Å². The van der Waals surface area contributed by atoms with Crippen molar-refractivity contribution in [3.8, 4) is 11.4 Å². The van der Waals surface area contributed by atoms with Crippen molar-refractivity contribution >= 4 is 0 Å². The number of benzene rings is 2. The second-order valence-electron chi connectivity index (χ2n) is 7.43. The fourth-order valence-corrected chi connectivity index (χ4v) is 3.93. The summed E-state index contributed by atoms with van der Waals surface area (Å²) >= 11 is 0. The van der Waals surface area contributed by atoms with Crippen molar-refractivity contribution in [1.82, 2.24) is 30.8 Å². The SMILES string of the molecule is FCOc1ccc(-n2nnnc2C(F)(F)F)cc1CNC1CCCNC1c1ccccc1. The second-order valence-corrected chi connectivity index (χ2v) is 7.43. The van der Waals surface area contributed by atoms with Crippen LogP contribution in [0.2, 0.25) is 0 Å². The van der Waals surface area contributed by atoms with E-state index in [1.54, 1.807) is 0 Å². The van der Waals surface area contributed by atoms with E-state index in [0.717, 1.165) is 24.9 Å². The molecule has 4 rings (SSSR count). The van der Waals surface area contributed by atoms with E-state index in [1.165, 1.54) is 18.2 Å². The Morgan fingerprint density at radius 3 is 2.72 bits per heavy atom. The highest BCUT2D eigenvalue weighted by molar-refractivity contribution is 5.44. The molecule has 0 saturated carbocycles. The molecular formula is C21H22F4N6O. The summed E-state index contributed by atoms with van der Waals surface area (Å²) in [5.41, 5.74) is 1.75.